The van der Waals surface area contributed by atoms with Gasteiger partial charge in [-0.25, -0.2) is 9.97 Å². The molecule has 1 saturated carbocycles. The first-order chi connectivity index (χ1) is 5.88. The van der Waals surface area contributed by atoms with Crippen molar-refractivity contribution in [3.63, 3.8) is 0 Å². The van der Waals surface area contributed by atoms with Crippen LogP contribution in [0.5, 0.6) is 0 Å². The van der Waals surface area contributed by atoms with Gasteiger partial charge in [0, 0.05) is 24.0 Å². The van der Waals surface area contributed by atoms with Crippen LogP contribution in [0.25, 0.3) is 0 Å². The normalized spacial score (nSPS) is 20.1. The highest BCUT2D eigenvalue weighted by Gasteiger charge is 2.25. The first-order valence-corrected chi connectivity index (χ1v) is 4.38. The van der Waals surface area contributed by atoms with Gasteiger partial charge in [-0.2, -0.15) is 0 Å². The third-order valence-corrected chi connectivity index (χ3v) is 2.62. The Balaban J connectivity index is 2.08. The second-order valence-electron chi connectivity index (χ2n) is 3.39. The highest BCUT2D eigenvalue weighted by Crippen LogP contribution is 2.35. The highest BCUT2D eigenvalue weighted by atomic mass is 14.8. The lowest BCUT2D eigenvalue weighted by atomic mass is 9.78. The van der Waals surface area contributed by atoms with Gasteiger partial charge in [0.2, 0.25) is 0 Å². The average molecular weight is 163 g/mol. The van der Waals surface area contributed by atoms with Gasteiger partial charge in [0.05, 0.1) is 0 Å². The van der Waals surface area contributed by atoms with E-state index in [1.165, 1.54) is 25.6 Å². The first-order valence-electron chi connectivity index (χ1n) is 4.38. The number of nitrogens with two attached hydrogens (primary N) is 1. The smallest absolute Gasteiger partial charge is 0.115 e. The Morgan fingerprint density at radius 1 is 1.33 bits per heavy atom. The molecule has 0 aromatic carbocycles. The summed E-state index contributed by atoms with van der Waals surface area (Å²) in [7, 11) is 0. The molecule has 2 rings (SSSR count). The van der Waals surface area contributed by atoms with Crippen LogP contribution in [-0.4, -0.2) is 9.97 Å². The molecule has 3 nitrogen and oxygen atoms in total. The van der Waals surface area contributed by atoms with E-state index in [0.29, 0.717) is 5.92 Å². The zero-order valence-corrected chi connectivity index (χ0v) is 6.98. The van der Waals surface area contributed by atoms with Crippen LogP contribution in [0.2, 0.25) is 0 Å². The Kier molecular flexibility index (Phi) is 2.04. The van der Waals surface area contributed by atoms with Gasteiger partial charge in [0.1, 0.15) is 6.33 Å². The lowest BCUT2D eigenvalue weighted by Crippen LogP contribution is -2.26. The molecule has 1 aromatic heterocycles. The van der Waals surface area contributed by atoms with E-state index < -0.39 is 0 Å². The molecule has 1 unspecified atom stereocenters. The molecule has 12 heavy (non-hydrogen) atoms. The highest BCUT2D eigenvalue weighted by molar-refractivity contribution is 5.10. The van der Waals surface area contributed by atoms with Gasteiger partial charge in [-0.1, -0.05) is 6.42 Å². The molecule has 64 valence electrons. The van der Waals surface area contributed by atoms with Gasteiger partial charge in [-0.15, -0.1) is 0 Å². The third-order valence-electron chi connectivity index (χ3n) is 2.62. The van der Waals surface area contributed by atoms with Crippen LogP contribution in [0, 0.1) is 5.92 Å². The van der Waals surface area contributed by atoms with E-state index >= 15 is 0 Å². The van der Waals surface area contributed by atoms with Crippen molar-refractivity contribution < 1.29 is 0 Å². The van der Waals surface area contributed by atoms with E-state index in [9.17, 15) is 0 Å². The van der Waals surface area contributed by atoms with Crippen molar-refractivity contribution in [1.29, 1.82) is 0 Å². The summed E-state index contributed by atoms with van der Waals surface area (Å²) in [6.45, 7) is 0. The van der Waals surface area contributed by atoms with Crippen LogP contribution < -0.4 is 5.73 Å². The molecule has 1 fully saturated rings. The maximum Gasteiger partial charge on any atom is 0.115 e. The summed E-state index contributed by atoms with van der Waals surface area (Å²) in [4.78, 5) is 7.91. The summed E-state index contributed by atoms with van der Waals surface area (Å²) in [5.41, 5.74) is 7.09. The van der Waals surface area contributed by atoms with Gasteiger partial charge in [0.25, 0.3) is 0 Å². The van der Waals surface area contributed by atoms with E-state index in [-0.39, 0.29) is 6.04 Å². The molecule has 0 radical (unpaired) electrons. The van der Waals surface area contributed by atoms with Gasteiger partial charge in [-0.3, -0.25) is 0 Å². The zero-order valence-electron chi connectivity index (χ0n) is 6.98. The second kappa shape index (κ2) is 3.19. The molecule has 3 heteroatoms. The largest absolute Gasteiger partial charge is 0.324 e. The second-order valence-corrected chi connectivity index (χ2v) is 3.39. The van der Waals surface area contributed by atoms with E-state index in [1.807, 2.05) is 12.4 Å². The predicted molar refractivity (Wildman–Crippen MR) is 46.3 cm³/mol. The number of aromatic nitrogens is 2. The number of hydrogen-bond donors (Lipinski definition) is 1. The molecule has 0 amide bonds. The summed E-state index contributed by atoms with van der Waals surface area (Å²) in [5.74, 6) is 0.663. The molecule has 1 aromatic rings. The van der Waals surface area contributed by atoms with Crippen LogP contribution in [-0.2, 0) is 0 Å². The minimum atomic E-state index is 0.153. The minimum absolute atomic E-state index is 0.153. The number of hydrogen-bond acceptors (Lipinski definition) is 3. The molecule has 1 aliphatic rings. The van der Waals surface area contributed by atoms with Crippen molar-refractivity contribution in [1.82, 2.24) is 9.97 Å². The third kappa shape index (κ3) is 1.32. The van der Waals surface area contributed by atoms with Crippen molar-refractivity contribution in [3.05, 3.63) is 24.3 Å². The molecular formula is C9H13N3. The fraction of sp³-hybridized carbons (Fsp3) is 0.556. The Labute approximate surface area is 72.0 Å². The topological polar surface area (TPSA) is 51.8 Å². The molecule has 2 N–H and O–H groups in total. The Morgan fingerprint density at radius 3 is 2.50 bits per heavy atom. The summed E-state index contributed by atoms with van der Waals surface area (Å²) < 4.78 is 0. The zero-order chi connectivity index (χ0) is 8.39. The van der Waals surface area contributed by atoms with Crippen LogP contribution in [0.15, 0.2) is 18.7 Å². The van der Waals surface area contributed by atoms with Crippen LogP contribution in [0.4, 0.5) is 0 Å². The van der Waals surface area contributed by atoms with Crippen molar-refractivity contribution in [3.8, 4) is 0 Å². The van der Waals surface area contributed by atoms with Gasteiger partial charge in [-0.05, 0) is 18.8 Å². The summed E-state index contributed by atoms with van der Waals surface area (Å²) in [6.07, 6.45) is 9.02. The monoisotopic (exact) mass is 163 g/mol. The van der Waals surface area contributed by atoms with Crippen LogP contribution >= 0.6 is 0 Å². The van der Waals surface area contributed by atoms with Gasteiger partial charge >= 0.3 is 0 Å². The molecule has 0 bridgehead atoms. The average Bonchev–Trinajstić information content (AvgIpc) is 2.03. The fourth-order valence-electron chi connectivity index (χ4n) is 1.55. The van der Waals surface area contributed by atoms with Crippen LogP contribution in [0.3, 0.4) is 0 Å². The lowest BCUT2D eigenvalue weighted by Gasteiger charge is -2.30. The summed E-state index contributed by atoms with van der Waals surface area (Å²) in [6, 6.07) is 0.153. The van der Waals surface area contributed by atoms with Crippen LogP contribution in [0.1, 0.15) is 30.9 Å². The van der Waals surface area contributed by atoms with Crippen molar-refractivity contribution in [2.24, 2.45) is 11.7 Å². The first kappa shape index (κ1) is 7.68. The molecule has 1 aliphatic carbocycles. The maximum absolute atomic E-state index is 6.02. The Morgan fingerprint density at radius 2 is 2.00 bits per heavy atom. The summed E-state index contributed by atoms with van der Waals surface area (Å²) >= 11 is 0. The number of nitrogens with zero attached hydrogens (tertiary/aromatic N) is 2. The maximum atomic E-state index is 6.02. The van der Waals surface area contributed by atoms with E-state index in [0.717, 1.165) is 5.56 Å². The number of rotatable bonds is 2. The predicted octanol–water partition coefficient (Wildman–Crippen LogP) is 1.28. The summed E-state index contributed by atoms with van der Waals surface area (Å²) in [5, 5.41) is 0. The van der Waals surface area contributed by atoms with Crippen molar-refractivity contribution in [2.75, 3.05) is 0 Å². The van der Waals surface area contributed by atoms with Gasteiger partial charge < -0.3 is 5.73 Å². The Hall–Kier alpha value is -0.960. The van der Waals surface area contributed by atoms with E-state index in [1.54, 1.807) is 0 Å². The van der Waals surface area contributed by atoms with Gasteiger partial charge in [0.15, 0.2) is 0 Å². The quantitative estimate of drug-likeness (QED) is 0.714. The Bertz CT molecular complexity index is 243. The fourth-order valence-corrected chi connectivity index (χ4v) is 1.55. The SMILES string of the molecule is NC(c1cncnc1)C1CCC1. The molecule has 1 heterocycles. The molecule has 0 saturated heterocycles. The molecule has 0 aliphatic heterocycles. The molecular weight excluding hydrogens is 150 g/mol. The van der Waals surface area contributed by atoms with E-state index in [4.69, 9.17) is 5.73 Å². The lowest BCUT2D eigenvalue weighted by molar-refractivity contribution is 0.264. The van der Waals surface area contributed by atoms with Crippen molar-refractivity contribution in [2.45, 2.75) is 25.3 Å². The minimum Gasteiger partial charge on any atom is -0.324 e. The molecule has 0 spiro atoms. The van der Waals surface area contributed by atoms with E-state index in [2.05, 4.69) is 9.97 Å². The van der Waals surface area contributed by atoms with Crippen molar-refractivity contribution >= 4 is 0 Å². The standard InChI is InChI=1S/C9H13N3/c10-9(7-2-1-3-7)8-4-11-6-12-5-8/h4-7,9H,1-3,10H2. The molecule has 1 atom stereocenters.